The summed E-state index contributed by atoms with van der Waals surface area (Å²) < 4.78 is 0. The molecule has 1 aromatic rings. The summed E-state index contributed by atoms with van der Waals surface area (Å²) in [6, 6.07) is 8.82. The highest BCUT2D eigenvalue weighted by Gasteiger charge is 2.20. The molecular weight excluding hydrogens is 246 g/mol. The van der Waals surface area contributed by atoms with E-state index in [0.29, 0.717) is 6.04 Å². The smallest absolute Gasteiger partial charge is 0.0406 e. The molecule has 0 spiro atoms. The largest absolute Gasteiger partial charge is 0.303 e. The summed E-state index contributed by atoms with van der Waals surface area (Å²) in [5.41, 5.74) is 1.35. The third-order valence-electron chi connectivity index (χ3n) is 3.79. The summed E-state index contributed by atoms with van der Waals surface area (Å²) in [5, 5.41) is 2.73. The SMILES string of the molecule is CN(CCc1ccc(Cl)cc1)C1CCN(N)CC1. The van der Waals surface area contributed by atoms with Gasteiger partial charge in [-0.3, -0.25) is 5.84 Å². The summed E-state index contributed by atoms with van der Waals surface area (Å²) in [6.45, 7) is 3.11. The average Bonchev–Trinajstić information content (AvgIpc) is 2.38. The Labute approximate surface area is 114 Å². The summed E-state index contributed by atoms with van der Waals surface area (Å²) in [5.74, 6) is 5.78. The minimum Gasteiger partial charge on any atom is -0.303 e. The first-order valence-electron chi connectivity index (χ1n) is 6.59. The highest BCUT2D eigenvalue weighted by molar-refractivity contribution is 6.30. The molecule has 0 aromatic heterocycles. The van der Waals surface area contributed by atoms with Crippen molar-refractivity contribution in [2.24, 2.45) is 5.84 Å². The van der Waals surface area contributed by atoms with Gasteiger partial charge in [0.25, 0.3) is 0 Å². The van der Waals surface area contributed by atoms with E-state index in [4.69, 9.17) is 17.4 Å². The van der Waals surface area contributed by atoms with Crippen LogP contribution in [0.4, 0.5) is 0 Å². The van der Waals surface area contributed by atoms with Crippen LogP contribution in [0.1, 0.15) is 18.4 Å². The number of rotatable bonds is 4. The second kappa shape index (κ2) is 6.53. The fourth-order valence-corrected chi connectivity index (χ4v) is 2.59. The van der Waals surface area contributed by atoms with E-state index in [9.17, 15) is 0 Å². The molecule has 2 rings (SSSR count). The van der Waals surface area contributed by atoms with Gasteiger partial charge >= 0.3 is 0 Å². The van der Waals surface area contributed by atoms with Crippen molar-refractivity contribution in [1.29, 1.82) is 0 Å². The van der Waals surface area contributed by atoms with Crippen LogP contribution in [0, 0.1) is 0 Å². The van der Waals surface area contributed by atoms with E-state index in [0.717, 1.165) is 31.1 Å². The van der Waals surface area contributed by atoms with Crippen molar-refractivity contribution in [3.05, 3.63) is 34.9 Å². The van der Waals surface area contributed by atoms with Gasteiger partial charge in [0.1, 0.15) is 0 Å². The Morgan fingerprint density at radius 1 is 1.28 bits per heavy atom. The van der Waals surface area contributed by atoms with E-state index >= 15 is 0 Å². The van der Waals surface area contributed by atoms with Gasteiger partial charge in [-0.25, -0.2) is 5.01 Å². The zero-order valence-electron chi connectivity index (χ0n) is 11.0. The van der Waals surface area contributed by atoms with Crippen LogP contribution in [0.5, 0.6) is 0 Å². The van der Waals surface area contributed by atoms with Crippen molar-refractivity contribution in [1.82, 2.24) is 9.91 Å². The molecule has 0 amide bonds. The lowest BCUT2D eigenvalue weighted by atomic mass is 10.0. The molecule has 1 aromatic carbocycles. The first-order valence-corrected chi connectivity index (χ1v) is 6.97. The second-order valence-electron chi connectivity index (χ2n) is 5.12. The topological polar surface area (TPSA) is 32.5 Å². The minimum atomic E-state index is 0.678. The summed E-state index contributed by atoms with van der Waals surface area (Å²) in [4.78, 5) is 2.46. The van der Waals surface area contributed by atoms with Gasteiger partial charge in [-0.15, -0.1) is 0 Å². The first kappa shape index (κ1) is 13.8. The van der Waals surface area contributed by atoms with Crippen molar-refractivity contribution >= 4 is 11.6 Å². The number of hydrazine groups is 1. The number of halogens is 1. The van der Waals surface area contributed by atoms with Crippen molar-refractivity contribution in [3.63, 3.8) is 0 Å². The Morgan fingerprint density at radius 2 is 1.89 bits per heavy atom. The summed E-state index contributed by atoms with van der Waals surface area (Å²) in [7, 11) is 2.22. The molecule has 1 aliphatic heterocycles. The van der Waals surface area contributed by atoms with Gasteiger partial charge < -0.3 is 4.90 Å². The highest BCUT2D eigenvalue weighted by atomic mass is 35.5. The van der Waals surface area contributed by atoms with Gasteiger partial charge in [0.15, 0.2) is 0 Å². The third kappa shape index (κ3) is 3.95. The van der Waals surface area contributed by atoms with Crippen LogP contribution in [0.15, 0.2) is 24.3 Å². The Balaban J connectivity index is 1.77. The Hall–Kier alpha value is -0.610. The van der Waals surface area contributed by atoms with E-state index < -0.39 is 0 Å². The number of nitrogens with zero attached hydrogens (tertiary/aromatic N) is 2. The van der Waals surface area contributed by atoms with Crippen LogP contribution in [0.2, 0.25) is 5.02 Å². The summed E-state index contributed by atoms with van der Waals surface area (Å²) >= 11 is 5.88. The van der Waals surface area contributed by atoms with Gasteiger partial charge in [-0.1, -0.05) is 23.7 Å². The van der Waals surface area contributed by atoms with Crippen LogP contribution in [0.25, 0.3) is 0 Å². The van der Waals surface area contributed by atoms with Gasteiger partial charge in [0.2, 0.25) is 0 Å². The molecule has 2 N–H and O–H groups in total. The number of benzene rings is 1. The molecule has 1 fully saturated rings. The molecule has 0 radical (unpaired) electrons. The Morgan fingerprint density at radius 3 is 2.50 bits per heavy atom. The maximum Gasteiger partial charge on any atom is 0.0406 e. The Bertz CT molecular complexity index is 358. The molecule has 0 unspecified atom stereocenters. The zero-order chi connectivity index (χ0) is 13.0. The molecule has 0 bridgehead atoms. The van der Waals surface area contributed by atoms with Gasteiger partial charge in [0.05, 0.1) is 0 Å². The molecule has 3 nitrogen and oxygen atoms in total. The molecule has 18 heavy (non-hydrogen) atoms. The second-order valence-corrected chi connectivity index (χ2v) is 5.56. The first-order chi connectivity index (χ1) is 8.65. The molecule has 0 saturated carbocycles. The van der Waals surface area contributed by atoms with E-state index in [1.54, 1.807) is 0 Å². The average molecular weight is 268 g/mol. The normalized spacial score (nSPS) is 18.4. The third-order valence-corrected chi connectivity index (χ3v) is 4.04. The van der Waals surface area contributed by atoms with Gasteiger partial charge in [-0.05, 0) is 44.0 Å². The fraction of sp³-hybridized carbons (Fsp3) is 0.571. The number of likely N-dealkylation sites (N-methyl/N-ethyl adjacent to an activating group) is 1. The number of nitrogens with two attached hydrogens (primary N) is 1. The molecule has 1 heterocycles. The molecule has 4 heteroatoms. The molecule has 0 atom stereocenters. The molecule has 1 aliphatic rings. The lowest BCUT2D eigenvalue weighted by molar-refractivity contribution is 0.129. The van der Waals surface area contributed by atoms with Crippen molar-refractivity contribution in [2.75, 3.05) is 26.7 Å². The summed E-state index contributed by atoms with van der Waals surface area (Å²) in [6.07, 6.45) is 3.43. The number of piperidine rings is 1. The standard InChI is InChI=1S/C14H22ClN3/c1-17(14-7-10-18(16)11-8-14)9-6-12-2-4-13(15)5-3-12/h2-5,14H,6-11,16H2,1H3. The maximum atomic E-state index is 5.88. The van der Waals surface area contributed by atoms with Gasteiger partial charge in [0, 0.05) is 30.7 Å². The minimum absolute atomic E-state index is 0.678. The molecular formula is C14H22ClN3. The molecule has 0 aliphatic carbocycles. The van der Waals surface area contributed by atoms with Crippen molar-refractivity contribution in [3.8, 4) is 0 Å². The zero-order valence-corrected chi connectivity index (χ0v) is 11.7. The number of hydrogen-bond donors (Lipinski definition) is 1. The predicted octanol–water partition coefficient (Wildman–Crippen LogP) is 2.15. The fourth-order valence-electron chi connectivity index (χ4n) is 2.47. The van der Waals surface area contributed by atoms with Crippen LogP contribution >= 0.6 is 11.6 Å². The van der Waals surface area contributed by atoms with Gasteiger partial charge in [-0.2, -0.15) is 0 Å². The highest BCUT2D eigenvalue weighted by Crippen LogP contribution is 2.15. The van der Waals surface area contributed by atoms with Crippen LogP contribution in [0.3, 0.4) is 0 Å². The monoisotopic (exact) mass is 267 g/mol. The van der Waals surface area contributed by atoms with Crippen molar-refractivity contribution in [2.45, 2.75) is 25.3 Å². The van der Waals surface area contributed by atoms with E-state index in [1.165, 1.54) is 18.4 Å². The lowest BCUT2D eigenvalue weighted by Crippen LogP contribution is -2.46. The van der Waals surface area contributed by atoms with Crippen molar-refractivity contribution < 1.29 is 0 Å². The quantitative estimate of drug-likeness (QED) is 0.849. The lowest BCUT2D eigenvalue weighted by Gasteiger charge is -2.34. The van der Waals surface area contributed by atoms with Crippen LogP contribution < -0.4 is 5.84 Å². The van der Waals surface area contributed by atoms with E-state index in [1.807, 2.05) is 17.1 Å². The number of hydrogen-bond acceptors (Lipinski definition) is 3. The van der Waals surface area contributed by atoms with E-state index in [2.05, 4.69) is 24.1 Å². The maximum absolute atomic E-state index is 5.88. The van der Waals surface area contributed by atoms with Crippen LogP contribution in [-0.4, -0.2) is 42.6 Å². The molecule has 1 saturated heterocycles. The van der Waals surface area contributed by atoms with Crippen LogP contribution in [-0.2, 0) is 6.42 Å². The predicted molar refractivity (Wildman–Crippen MR) is 76.6 cm³/mol. The van der Waals surface area contributed by atoms with E-state index in [-0.39, 0.29) is 0 Å². The Kier molecular flexibility index (Phi) is 5.01. The molecule has 100 valence electrons.